The molecule has 0 unspecified atom stereocenters. The van der Waals surface area contributed by atoms with Crippen molar-refractivity contribution in [2.24, 2.45) is 0 Å². The molecular weight excluding hydrogens is 317 g/mol. The van der Waals surface area contributed by atoms with Gasteiger partial charge in [0.25, 0.3) is 5.91 Å². The highest BCUT2D eigenvalue weighted by molar-refractivity contribution is 5.97. The van der Waals surface area contributed by atoms with Gasteiger partial charge in [-0.05, 0) is 42.8 Å². The maximum absolute atomic E-state index is 13.4. The number of phenolic OH excluding ortho intramolecular Hbond substituents is 1. The molecule has 1 amide bonds. The molecule has 0 fully saturated rings. The number of carbonyl (C=O) groups is 2. The number of aryl methyl sites for hydroxylation is 1. The third kappa shape index (κ3) is 4.22. The van der Waals surface area contributed by atoms with Crippen LogP contribution in [0.2, 0.25) is 0 Å². The zero-order valence-corrected chi connectivity index (χ0v) is 13.1. The second-order valence-corrected chi connectivity index (χ2v) is 4.97. The molecule has 6 nitrogen and oxygen atoms in total. The summed E-state index contributed by atoms with van der Waals surface area (Å²) in [5.41, 5.74) is 0.583. The van der Waals surface area contributed by atoms with Crippen LogP contribution >= 0.6 is 0 Å². The van der Waals surface area contributed by atoms with E-state index in [-0.39, 0.29) is 17.0 Å². The van der Waals surface area contributed by atoms with Crippen LogP contribution in [-0.4, -0.2) is 30.7 Å². The molecule has 0 heterocycles. The zero-order chi connectivity index (χ0) is 17.7. The second-order valence-electron chi connectivity index (χ2n) is 4.97. The molecule has 2 aromatic carbocycles. The number of anilines is 1. The maximum atomic E-state index is 13.4. The van der Waals surface area contributed by atoms with Gasteiger partial charge in [-0.25, -0.2) is 9.18 Å². The first kappa shape index (κ1) is 17.3. The summed E-state index contributed by atoms with van der Waals surface area (Å²) in [6.07, 6.45) is 0. The van der Waals surface area contributed by atoms with E-state index in [1.54, 1.807) is 6.92 Å². The first-order chi connectivity index (χ1) is 11.4. The summed E-state index contributed by atoms with van der Waals surface area (Å²) in [5, 5.41) is 12.1. The highest BCUT2D eigenvalue weighted by Crippen LogP contribution is 2.23. The molecule has 7 heteroatoms. The molecule has 0 aliphatic rings. The minimum Gasteiger partial charge on any atom is -0.507 e. The molecule has 24 heavy (non-hydrogen) atoms. The molecule has 2 N–H and O–H groups in total. The fraction of sp³-hybridized carbons (Fsp3) is 0.176. The molecule has 0 aliphatic heterocycles. The number of methoxy groups -OCH3 is 1. The lowest BCUT2D eigenvalue weighted by atomic mass is 10.2. The fourth-order valence-electron chi connectivity index (χ4n) is 1.88. The summed E-state index contributed by atoms with van der Waals surface area (Å²) in [5.74, 6) is -1.89. The number of carbonyl (C=O) groups excluding carboxylic acids is 2. The average Bonchev–Trinajstić information content (AvgIpc) is 2.56. The van der Waals surface area contributed by atoms with Crippen molar-refractivity contribution >= 4 is 17.6 Å². The van der Waals surface area contributed by atoms with E-state index in [0.717, 1.165) is 0 Å². The standard InChI is InChI=1S/C17H16FNO5/c1-10-3-4-11(7-14(10)18)19-16(21)9-24-17(22)13-8-12(23-2)5-6-15(13)20/h3-8,20H,9H2,1-2H3,(H,19,21). The first-order valence-corrected chi connectivity index (χ1v) is 7.01. The molecule has 0 aliphatic carbocycles. The van der Waals surface area contributed by atoms with Gasteiger partial charge in [0.2, 0.25) is 0 Å². The summed E-state index contributed by atoms with van der Waals surface area (Å²) in [4.78, 5) is 23.7. The Morgan fingerprint density at radius 2 is 1.96 bits per heavy atom. The highest BCUT2D eigenvalue weighted by Gasteiger charge is 2.16. The van der Waals surface area contributed by atoms with Crippen LogP contribution in [0.3, 0.4) is 0 Å². The molecular formula is C17H16FNO5. The molecule has 2 aromatic rings. The van der Waals surface area contributed by atoms with Crippen LogP contribution in [0, 0.1) is 12.7 Å². The molecule has 0 radical (unpaired) electrons. The Bertz CT molecular complexity index is 776. The molecule has 0 spiro atoms. The van der Waals surface area contributed by atoms with Gasteiger partial charge in [0.05, 0.1) is 7.11 Å². The maximum Gasteiger partial charge on any atom is 0.342 e. The number of ether oxygens (including phenoxy) is 2. The topological polar surface area (TPSA) is 84.9 Å². The average molecular weight is 333 g/mol. The molecule has 0 saturated heterocycles. The quantitative estimate of drug-likeness (QED) is 0.822. The van der Waals surface area contributed by atoms with Crippen molar-refractivity contribution in [3.63, 3.8) is 0 Å². The van der Waals surface area contributed by atoms with Crippen LogP contribution in [0.25, 0.3) is 0 Å². The number of benzene rings is 2. The number of aromatic hydroxyl groups is 1. The number of hydrogen-bond acceptors (Lipinski definition) is 5. The van der Waals surface area contributed by atoms with Gasteiger partial charge >= 0.3 is 5.97 Å². The Balaban J connectivity index is 1.96. The Morgan fingerprint density at radius 1 is 1.21 bits per heavy atom. The smallest absolute Gasteiger partial charge is 0.342 e. The van der Waals surface area contributed by atoms with Gasteiger partial charge in [0.1, 0.15) is 22.9 Å². The van der Waals surface area contributed by atoms with E-state index in [4.69, 9.17) is 9.47 Å². The molecule has 0 bridgehead atoms. The van der Waals surface area contributed by atoms with Crippen LogP contribution in [0.5, 0.6) is 11.5 Å². The normalized spacial score (nSPS) is 10.1. The largest absolute Gasteiger partial charge is 0.507 e. The lowest BCUT2D eigenvalue weighted by Gasteiger charge is -2.09. The number of phenols is 1. The number of nitrogens with one attached hydrogen (secondary N) is 1. The van der Waals surface area contributed by atoms with Gasteiger partial charge in [0, 0.05) is 5.69 Å². The van der Waals surface area contributed by atoms with E-state index in [9.17, 15) is 19.1 Å². The highest BCUT2D eigenvalue weighted by atomic mass is 19.1. The van der Waals surface area contributed by atoms with Crippen molar-refractivity contribution in [2.75, 3.05) is 19.0 Å². The number of amides is 1. The van der Waals surface area contributed by atoms with E-state index in [2.05, 4.69) is 5.32 Å². The van der Waals surface area contributed by atoms with Crippen molar-refractivity contribution in [1.82, 2.24) is 0 Å². The van der Waals surface area contributed by atoms with Crippen molar-refractivity contribution in [3.05, 3.63) is 53.3 Å². The van der Waals surface area contributed by atoms with E-state index in [0.29, 0.717) is 11.3 Å². The van der Waals surface area contributed by atoms with Gasteiger partial charge in [-0.15, -0.1) is 0 Å². The Labute approximate surface area is 137 Å². The van der Waals surface area contributed by atoms with Crippen LogP contribution in [0.1, 0.15) is 15.9 Å². The van der Waals surface area contributed by atoms with Gasteiger partial charge in [-0.2, -0.15) is 0 Å². The van der Waals surface area contributed by atoms with Gasteiger partial charge < -0.3 is 19.9 Å². The lowest BCUT2D eigenvalue weighted by Crippen LogP contribution is -2.21. The second kappa shape index (κ2) is 7.45. The molecule has 0 saturated carbocycles. The molecule has 0 atom stereocenters. The number of esters is 1. The Kier molecular flexibility index (Phi) is 5.36. The van der Waals surface area contributed by atoms with Gasteiger partial charge in [-0.3, -0.25) is 4.79 Å². The van der Waals surface area contributed by atoms with Crippen LogP contribution < -0.4 is 10.1 Å². The van der Waals surface area contributed by atoms with E-state index >= 15 is 0 Å². The monoisotopic (exact) mass is 333 g/mol. The zero-order valence-electron chi connectivity index (χ0n) is 13.1. The SMILES string of the molecule is COc1ccc(O)c(C(=O)OCC(=O)Nc2ccc(C)c(F)c2)c1. The summed E-state index contributed by atoms with van der Waals surface area (Å²) < 4.78 is 23.2. The minimum atomic E-state index is -0.878. The van der Waals surface area contributed by atoms with Crippen molar-refractivity contribution in [3.8, 4) is 11.5 Å². The van der Waals surface area contributed by atoms with Crippen molar-refractivity contribution in [1.29, 1.82) is 0 Å². The van der Waals surface area contributed by atoms with Crippen LogP contribution in [0.15, 0.2) is 36.4 Å². The summed E-state index contributed by atoms with van der Waals surface area (Å²) >= 11 is 0. The number of rotatable bonds is 5. The third-order valence-electron chi connectivity index (χ3n) is 3.21. The Hall–Kier alpha value is -3.09. The summed E-state index contributed by atoms with van der Waals surface area (Å²) in [6, 6.07) is 8.28. The van der Waals surface area contributed by atoms with Crippen LogP contribution in [0.4, 0.5) is 10.1 Å². The molecule has 0 aromatic heterocycles. The predicted molar refractivity (Wildman–Crippen MR) is 84.7 cm³/mol. The van der Waals surface area contributed by atoms with E-state index in [1.165, 1.54) is 43.5 Å². The minimum absolute atomic E-state index is 0.122. The van der Waals surface area contributed by atoms with Crippen molar-refractivity contribution in [2.45, 2.75) is 6.92 Å². The molecule has 2 rings (SSSR count). The first-order valence-electron chi connectivity index (χ1n) is 7.01. The number of halogens is 1. The predicted octanol–water partition coefficient (Wildman–Crippen LogP) is 2.64. The van der Waals surface area contributed by atoms with E-state index in [1.807, 2.05) is 0 Å². The summed E-state index contributed by atoms with van der Waals surface area (Å²) in [7, 11) is 1.41. The van der Waals surface area contributed by atoms with Gasteiger partial charge in [0.15, 0.2) is 6.61 Å². The number of hydrogen-bond donors (Lipinski definition) is 2. The summed E-state index contributed by atoms with van der Waals surface area (Å²) in [6.45, 7) is 1.02. The molecule has 126 valence electrons. The van der Waals surface area contributed by atoms with Crippen molar-refractivity contribution < 1.29 is 28.6 Å². The van der Waals surface area contributed by atoms with Gasteiger partial charge in [-0.1, -0.05) is 6.07 Å². The van der Waals surface area contributed by atoms with E-state index < -0.39 is 24.3 Å². The fourth-order valence-corrected chi connectivity index (χ4v) is 1.88. The lowest BCUT2D eigenvalue weighted by molar-refractivity contribution is -0.119. The third-order valence-corrected chi connectivity index (χ3v) is 3.21. The van der Waals surface area contributed by atoms with Crippen LogP contribution in [-0.2, 0) is 9.53 Å². The Morgan fingerprint density at radius 3 is 2.62 bits per heavy atom.